The molecule has 0 saturated heterocycles. The van der Waals surface area contributed by atoms with Crippen molar-refractivity contribution in [2.75, 3.05) is 20.8 Å². The number of carbonyl (C=O) groups excluding carboxylic acids is 1. The number of hydrogen-bond donors (Lipinski definition) is 1. The maximum Gasteiger partial charge on any atom is 0.275 e. The molecule has 1 unspecified atom stereocenters. The minimum atomic E-state index is -0.574. The number of carbonyl (C=O) groups is 1. The summed E-state index contributed by atoms with van der Waals surface area (Å²) in [5, 5.41) is 9.24. The Kier molecular flexibility index (Phi) is 4.77. The zero-order valence-corrected chi connectivity index (χ0v) is 15.6. The highest BCUT2D eigenvalue weighted by atomic mass is 32.1. The summed E-state index contributed by atoms with van der Waals surface area (Å²) in [6, 6.07) is 9.68. The van der Waals surface area contributed by atoms with Gasteiger partial charge in [0.1, 0.15) is 5.82 Å². The van der Waals surface area contributed by atoms with Gasteiger partial charge in [0.15, 0.2) is 12.0 Å². The van der Waals surface area contributed by atoms with E-state index in [2.05, 4.69) is 10.2 Å². The third-order valence-corrected chi connectivity index (χ3v) is 5.56. The van der Waals surface area contributed by atoms with Crippen molar-refractivity contribution in [1.29, 1.82) is 0 Å². The second kappa shape index (κ2) is 7.22. The zero-order chi connectivity index (χ0) is 19.0. The lowest BCUT2D eigenvalue weighted by Gasteiger charge is -2.29. The van der Waals surface area contributed by atoms with Crippen molar-refractivity contribution < 1.29 is 18.7 Å². The molecule has 0 fully saturated rings. The lowest BCUT2D eigenvalue weighted by molar-refractivity contribution is -0.113. The Morgan fingerprint density at radius 2 is 2.00 bits per heavy atom. The number of methoxy groups -OCH3 is 2. The molecule has 0 spiro atoms. The number of amides is 1. The first-order valence-electron chi connectivity index (χ1n) is 8.38. The number of aromatic amines is 1. The predicted molar refractivity (Wildman–Crippen MR) is 99.0 cm³/mol. The second-order valence-corrected chi connectivity index (χ2v) is 7.10. The minimum absolute atomic E-state index is 0.211. The van der Waals surface area contributed by atoms with Gasteiger partial charge in [0.05, 0.1) is 23.2 Å². The third-order valence-electron chi connectivity index (χ3n) is 4.68. The number of ether oxygens (including phenoxy) is 2. The average Bonchev–Trinajstić information content (AvgIpc) is 3.39. The molecule has 0 radical (unpaired) electrons. The molecule has 1 aromatic carbocycles. The van der Waals surface area contributed by atoms with Crippen LogP contribution < -0.4 is 0 Å². The SMILES string of the molecule is COC(CN1C(=O)c2n[nH]c(-c3cccs3)c2C1c1ccc(F)cc1)OC. The van der Waals surface area contributed by atoms with Gasteiger partial charge >= 0.3 is 0 Å². The lowest BCUT2D eigenvalue weighted by atomic mass is 9.98. The number of nitrogens with one attached hydrogen (secondary N) is 1. The summed E-state index contributed by atoms with van der Waals surface area (Å²) in [6.07, 6.45) is -0.574. The molecule has 140 valence electrons. The monoisotopic (exact) mass is 387 g/mol. The van der Waals surface area contributed by atoms with Crippen LogP contribution in [0.25, 0.3) is 10.6 Å². The summed E-state index contributed by atoms with van der Waals surface area (Å²) < 4.78 is 24.0. The predicted octanol–water partition coefficient (Wildman–Crippen LogP) is 3.44. The molecule has 3 aromatic rings. The highest BCUT2D eigenvalue weighted by Gasteiger charge is 2.43. The molecule has 2 aromatic heterocycles. The van der Waals surface area contributed by atoms with Gasteiger partial charge in [0, 0.05) is 19.8 Å². The number of halogens is 1. The normalized spacial score (nSPS) is 16.4. The smallest absolute Gasteiger partial charge is 0.275 e. The number of hydrogen-bond acceptors (Lipinski definition) is 5. The van der Waals surface area contributed by atoms with Gasteiger partial charge in [-0.25, -0.2) is 4.39 Å². The number of benzene rings is 1. The number of H-pyrrole nitrogens is 1. The second-order valence-electron chi connectivity index (χ2n) is 6.15. The number of aromatic nitrogens is 2. The molecule has 1 aliphatic heterocycles. The molecule has 6 nitrogen and oxygen atoms in total. The van der Waals surface area contributed by atoms with Crippen LogP contribution in [0.5, 0.6) is 0 Å². The molecule has 8 heteroatoms. The van der Waals surface area contributed by atoms with Crippen LogP contribution in [-0.4, -0.2) is 48.1 Å². The quantitative estimate of drug-likeness (QED) is 0.658. The topological polar surface area (TPSA) is 67.5 Å². The van der Waals surface area contributed by atoms with E-state index in [1.807, 2.05) is 17.5 Å². The van der Waals surface area contributed by atoms with Crippen molar-refractivity contribution in [3.8, 4) is 10.6 Å². The fraction of sp³-hybridized carbons (Fsp3) is 0.263. The van der Waals surface area contributed by atoms with Crippen LogP contribution in [0.4, 0.5) is 4.39 Å². The number of thiophene rings is 1. The highest BCUT2D eigenvalue weighted by molar-refractivity contribution is 7.13. The van der Waals surface area contributed by atoms with E-state index >= 15 is 0 Å². The molecular weight excluding hydrogens is 369 g/mol. The van der Waals surface area contributed by atoms with Gasteiger partial charge in [-0.1, -0.05) is 18.2 Å². The average molecular weight is 387 g/mol. The molecule has 1 N–H and O–H groups in total. The van der Waals surface area contributed by atoms with Crippen LogP contribution in [-0.2, 0) is 9.47 Å². The summed E-state index contributed by atoms with van der Waals surface area (Å²) in [4.78, 5) is 15.7. The summed E-state index contributed by atoms with van der Waals surface area (Å²) in [7, 11) is 3.05. The lowest BCUT2D eigenvalue weighted by Crippen LogP contribution is -2.38. The summed E-state index contributed by atoms with van der Waals surface area (Å²) in [5.41, 5.74) is 2.77. The Bertz CT molecular complexity index is 936. The molecule has 3 heterocycles. The fourth-order valence-electron chi connectivity index (χ4n) is 3.38. The Balaban J connectivity index is 1.83. The van der Waals surface area contributed by atoms with Crippen molar-refractivity contribution in [3.05, 3.63) is 64.4 Å². The Morgan fingerprint density at radius 1 is 1.26 bits per heavy atom. The van der Waals surface area contributed by atoms with Crippen molar-refractivity contribution in [1.82, 2.24) is 15.1 Å². The van der Waals surface area contributed by atoms with Gasteiger partial charge in [-0.05, 0) is 29.1 Å². The Hall–Kier alpha value is -2.55. The first kappa shape index (κ1) is 17.8. The summed E-state index contributed by atoms with van der Waals surface area (Å²) >= 11 is 1.56. The molecule has 1 atom stereocenters. The Labute approximate surface area is 159 Å². The van der Waals surface area contributed by atoms with Gasteiger partial charge in [0.2, 0.25) is 0 Å². The van der Waals surface area contributed by atoms with Crippen LogP contribution in [0.3, 0.4) is 0 Å². The molecule has 1 amide bonds. The zero-order valence-electron chi connectivity index (χ0n) is 14.8. The fourth-order valence-corrected chi connectivity index (χ4v) is 4.12. The van der Waals surface area contributed by atoms with E-state index in [-0.39, 0.29) is 18.3 Å². The van der Waals surface area contributed by atoms with Crippen LogP contribution in [0, 0.1) is 5.82 Å². The van der Waals surface area contributed by atoms with Gasteiger partial charge in [-0.2, -0.15) is 5.10 Å². The minimum Gasteiger partial charge on any atom is -0.354 e. The van der Waals surface area contributed by atoms with Crippen LogP contribution in [0.15, 0.2) is 41.8 Å². The molecule has 1 aliphatic rings. The van der Waals surface area contributed by atoms with Crippen molar-refractivity contribution >= 4 is 17.2 Å². The maximum absolute atomic E-state index is 13.5. The largest absolute Gasteiger partial charge is 0.354 e. The van der Waals surface area contributed by atoms with Gasteiger partial charge in [0.25, 0.3) is 5.91 Å². The summed E-state index contributed by atoms with van der Waals surface area (Å²) in [5.74, 6) is -0.537. The molecular formula is C19H18FN3O3S. The molecule has 0 saturated carbocycles. The molecule has 4 rings (SSSR count). The number of rotatable bonds is 6. The molecule has 27 heavy (non-hydrogen) atoms. The Morgan fingerprint density at radius 3 is 2.63 bits per heavy atom. The van der Waals surface area contributed by atoms with Crippen molar-refractivity contribution in [2.45, 2.75) is 12.3 Å². The number of nitrogens with zero attached hydrogens (tertiary/aromatic N) is 2. The summed E-state index contributed by atoms with van der Waals surface area (Å²) in [6.45, 7) is 0.230. The highest BCUT2D eigenvalue weighted by Crippen LogP contribution is 2.43. The first-order valence-corrected chi connectivity index (χ1v) is 9.26. The van der Waals surface area contributed by atoms with Crippen LogP contribution >= 0.6 is 11.3 Å². The van der Waals surface area contributed by atoms with E-state index in [4.69, 9.17) is 9.47 Å². The maximum atomic E-state index is 13.5. The van der Waals surface area contributed by atoms with Gasteiger partial charge in [-0.15, -0.1) is 11.3 Å². The van der Waals surface area contributed by atoms with E-state index in [1.165, 1.54) is 26.4 Å². The molecule has 0 aliphatic carbocycles. The van der Waals surface area contributed by atoms with E-state index in [0.717, 1.165) is 21.7 Å². The van der Waals surface area contributed by atoms with Gasteiger partial charge < -0.3 is 14.4 Å². The van der Waals surface area contributed by atoms with E-state index in [1.54, 1.807) is 28.4 Å². The van der Waals surface area contributed by atoms with E-state index < -0.39 is 12.3 Å². The number of fused-ring (bicyclic) bond motifs is 1. The van der Waals surface area contributed by atoms with Crippen molar-refractivity contribution in [2.24, 2.45) is 0 Å². The first-order chi connectivity index (χ1) is 13.1. The standard InChI is InChI=1S/C19H18FN3O3S/c1-25-14(26-2)10-23-18(11-5-7-12(20)8-6-11)15-16(13-4-3-9-27-13)21-22-17(15)19(23)24/h3-9,14,18H,10H2,1-2H3,(H,21,22). The van der Waals surface area contributed by atoms with Crippen molar-refractivity contribution in [3.63, 3.8) is 0 Å². The molecule has 0 bridgehead atoms. The van der Waals surface area contributed by atoms with Crippen LogP contribution in [0.1, 0.15) is 27.7 Å². The van der Waals surface area contributed by atoms with Gasteiger partial charge in [-0.3, -0.25) is 9.89 Å². The van der Waals surface area contributed by atoms with Crippen LogP contribution in [0.2, 0.25) is 0 Å². The van der Waals surface area contributed by atoms with E-state index in [0.29, 0.717) is 5.69 Å². The third kappa shape index (κ3) is 3.05. The van der Waals surface area contributed by atoms with E-state index in [9.17, 15) is 9.18 Å².